The third kappa shape index (κ3) is 4.21. The van der Waals surface area contributed by atoms with Crippen LogP contribution in [-0.2, 0) is 11.2 Å². The fourth-order valence-corrected chi connectivity index (χ4v) is 3.01. The second-order valence-corrected chi connectivity index (χ2v) is 6.08. The molecule has 1 saturated heterocycles. The number of amides is 2. The summed E-state index contributed by atoms with van der Waals surface area (Å²) in [5, 5.41) is 2.63. The molecule has 0 saturated carbocycles. The van der Waals surface area contributed by atoms with Gasteiger partial charge in [0.2, 0.25) is 5.91 Å². The molecule has 2 amide bonds. The predicted molar refractivity (Wildman–Crippen MR) is 91.4 cm³/mol. The van der Waals surface area contributed by atoms with Crippen molar-refractivity contribution in [3.63, 3.8) is 0 Å². The first kappa shape index (κ1) is 17.1. The summed E-state index contributed by atoms with van der Waals surface area (Å²) < 4.78 is 13.6. The number of halogens is 1. The van der Waals surface area contributed by atoms with Gasteiger partial charge in [-0.3, -0.25) is 14.6 Å². The van der Waals surface area contributed by atoms with Crippen LogP contribution in [0.5, 0.6) is 0 Å². The number of carbonyl (C=O) groups is 2. The molecule has 6 heteroatoms. The van der Waals surface area contributed by atoms with Crippen LogP contribution in [0.1, 0.15) is 28.8 Å². The maximum absolute atomic E-state index is 13.6. The molecule has 2 heterocycles. The Kier molecular flexibility index (Phi) is 5.38. The Morgan fingerprint density at radius 3 is 2.84 bits per heavy atom. The van der Waals surface area contributed by atoms with Gasteiger partial charge in [-0.15, -0.1) is 0 Å². The van der Waals surface area contributed by atoms with Crippen molar-refractivity contribution < 1.29 is 14.0 Å². The van der Waals surface area contributed by atoms with E-state index in [1.54, 1.807) is 4.90 Å². The van der Waals surface area contributed by atoms with E-state index in [2.05, 4.69) is 22.4 Å². The van der Waals surface area contributed by atoms with Gasteiger partial charge in [0, 0.05) is 19.3 Å². The molecular formula is C19H20FN3O2. The zero-order chi connectivity index (χ0) is 17.6. The van der Waals surface area contributed by atoms with E-state index in [-0.39, 0.29) is 11.5 Å². The lowest BCUT2D eigenvalue weighted by molar-refractivity contribution is -0.129. The zero-order valence-corrected chi connectivity index (χ0v) is 13.8. The topological polar surface area (TPSA) is 62.3 Å². The average Bonchev–Trinajstić information content (AvgIpc) is 2.96. The van der Waals surface area contributed by atoms with Crippen LogP contribution in [0.4, 0.5) is 4.39 Å². The number of benzene rings is 1. The SMILES string of the molecule is O=C(N[C@H]1CCN(CCCc2ccccc2)C1=O)c1ccncc1F. The number of nitrogens with zero attached hydrogens (tertiary/aromatic N) is 2. The number of rotatable bonds is 6. The lowest BCUT2D eigenvalue weighted by atomic mass is 10.1. The van der Waals surface area contributed by atoms with E-state index in [1.807, 2.05) is 18.2 Å². The Morgan fingerprint density at radius 2 is 2.08 bits per heavy atom. The first-order valence-electron chi connectivity index (χ1n) is 8.38. The highest BCUT2D eigenvalue weighted by atomic mass is 19.1. The third-order valence-electron chi connectivity index (χ3n) is 4.36. The number of carbonyl (C=O) groups excluding carboxylic acids is 2. The number of aryl methyl sites for hydroxylation is 1. The molecule has 1 aliphatic heterocycles. The highest BCUT2D eigenvalue weighted by Crippen LogP contribution is 2.14. The molecule has 5 nitrogen and oxygen atoms in total. The van der Waals surface area contributed by atoms with Gasteiger partial charge in [0.05, 0.1) is 11.8 Å². The maximum Gasteiger partial charge on any atom is 0.255 e. The molecule has 1 aliphatic rings. The van der Waals surface area contributed by atoms with Gasteiger partial charge < -0.3 is 10.2 Å². The van der Waals surface area contributed by atoms with Crippen molar-refractivity contribution in [3.8, 4) is 0 Å². The van der Waals surface area contributed by atoms with Gasteiger partial charge in [-0.25, -0.2) is 4.39 Å². The minimum atomic E-state index is -0.690. The molecule has 1 aromatic carbocycles. The first-order chi connectivity index (χ1) is 12.1. The fraction of sp³-hybridized carbons (Fsp3) is 0.316. The first-order valence-corrected chi connectivity index (χ1v) is 8.38. The van der Waals surface area contributed by atoms with Crippen LogP contribution in [-0.4, -0.2) is 40.8 Å². The quantitative estimate of drug-likeness (QED) is 0.876. The molecule has 1 atom stereocenters. The lowest BCUT2D eigenvalue weighted by Crippen LogP contribution is -2.42. The van der Waals surface area contributed by atoms with Crippen molar-refractivity contribution in [1.82, 2.24) is 15.2 Å². The van der Waals surface area contributed by atoms with Crippen LogP contribution in [0.2, 0.25) is 0 Å². The standard InChI is InChI=1S/C19H20FN3O2/c20-16-13-21-10-8-15(16)18(24)22-17-9-12-23(19(17)25)11-4-7-14-5-2-1-3-6-14/h1-3,5-6,8,10,13,17H,4,7,9,11-12H2,(H,22,24)/t17-/m0/s1. The van der Waals surface area contributed by atoms with E-state index < -0.39 is 17.8 Å². The third-order valence-corrected chi connectivity index (χ3v) is 4.36. The summed E-state index contributed by atoms with van der Waals surface area (Å²) >= 11 is 0. The monoisotopic (exact) mass is 341 g/mol. The van der Waals surface area contributed by atoms with Gasteiger partial charge in [0.15, 0.2) is 5.82 Å². The highest BCUT2D eigenvalue weighted by Gasteiger charge is 2.32. The van der Waals surface area contributed by atoms with Crippen LogP contribution in [0.15, 0.2) is 48.8 Å². The van der Waals surface area contributed by atoms with E-state index >= 15 is 0 Å². The van der Waals surface area contributed by atoms with Crippen molar-refractivity contribution in [2.75, 3.05) is 13.1 Å². The van der Waals surface area contributed by atoms with Crippen molar-refractivity contribution in [2.24, 2.45) is 0 Å². The number of aromatic nitrogens is 1. The summed E-state index contributed by atoms with van der Waals surface area (Å²) in [5.74, 6) is -1.37. The van der Waals surface area contributed by atoms with Crippen molar-refractivity contribution in [2.45, 2.75) is 25.3 Å². The van der Waals surface area contributed by atoms with Gasteiger partial charge in [-0.05, 0) is 30.9 Å². The van der Waals surface area contributed by atoms with Gasteiger partial charge in [-0.2, -0.15) is 0 Å². The Morgan fingerprint density at radius 1 is 1.28 bits per heavy atom. The minimum absolute atomic E-state index is 0.0923. The van der Waals surface area contributed by atoms with Crippen LogP contribution in [0.3, 0.4) is 0 Å². The Bertz CT molecular complexity index is 751. The molecule has 0 spiro atoms. The summed E-state index contributed by atoms with van der Waals surface area (Å²) in [6.45, 7) is 1.26. The number of pyridine rings is 1. The zero-order valence-electron chi connectivity index (χ0n) is 13.8. The van der Waals surface area contributed by atoms with Gasteiger partial charge in [0.25, 0.3) is 5.91 Å². The summed E-state index contributed by atoms with van der Waals surface area (Å²) in [6.07, 6.45) is 4.66. The number of hydrogen-bond donors (Lipinski definition) is 1. The highest BCUT2D eigenvalue weighted by molar-refractivity contribution is 5.98. The van der Waals surface area contributed by atoms with Gasteiger partial charge >= 0.3 is 0 Å². The van der Waals surface area contributed by atoms with Gasteiger partial charge in [-0.1, -0.05) is 30.3 Å². The number of likely N-dealkylation sites (tertiary alicyclic amines) is 1. The minimum Gasteiger partial charge on any atom is -0.341 e. The summed E-state index contributed by atoms with van der Waals surface area (Å²) in [5.41, 5.74) is 1.15. The molecule has 1 fully saturated rings. The normalized spacial score (nSPS) is 16.9. The summed E-state index contributed by atoms with van der Waals surface area (Å²) in [4.78, 5) is 29.9. The van der Waals surface area contributed by atoms with Crippen molar-refractivity contribution in [1.29, 1.82) is 0 Å². The van der Waals surface area contributed by atoms with Crippen LogP contribution in [0, 0.1) is 5.82 Å². The van der Waals surface area contributed by atoms with Crippen LogP contribution in [0.25, 0.3) is 0 Å². The van der Waals surface area contributed by atoms with Crippen LogP contribution >= 0.6 is 0 Å². The second kappa shape index (κ2) is 7.88. The number of hydrogen-bond acceptors (Lipinski definition) is 3. The molecule has 25 heavy (non-hydrogen) atoms. The van der Waals surface area contributed by atoms with E-state index in [9.17, 15) is 14.0 Å². The smallest absolute Gasteiger partial charge is 0.255 e. The van der Waals surface area contributed by atoms with Crippen molar-refractivity contribution in [3.05, 3.63) is 65.7 Å². The maximum atomic E-state index is 13.6. The average molecular weight is 341 g/mol. The molecule has 0 radical (unpaired) electrons. The van der Waals surface area contributed by atoms with E-state index in [4.69, 9.17) is 0 Å². The molecule has 3 rings (SSSR count). The Labute approximate surface area is 145 Å². The predicted octanol–water partition coefficient (Wildman–Crippen LogP) is 2.18. The van der Waals surface area contributed by atoms with Crippen LogP contribution < -0.4 is 5.32 Å². The van der Waals surface area contributed by atoms with Gasteiger partial charge in [0.1, 0.15) is 6.04 Å². The van der Waals surface area contributed by atoms with Crippen molar-refractivity contribution >= 4 is 11.8 Å². The molecule has 0 unspecified atom stereocenters. The molecule has 0 aliphatic carbocycles. The van der Waals surface area contributed by atoms with E-state index in [0.717, 1.165) is 19.0 Å². The second-order valence-electron chi connectivity index (χ2n) is 6.08. The fourth-order valence-electron chi connectivity index (χ4n) is 3.01. The Hall–Kier alpha value is -2.76. The molecule has 1 aromatic heterocycles. The number of nitrogens with one attached hydrogen (secondary N) is 1. The Balaban J connectivity index is 1.50. The molecule has 2 aromatic rings. The summed E-state index contributed by atoms with van der Waals surface area (Å²) in [6, 6.07) is 10.8. The molecule has 1 N–H and O–H groups in total. The summed E-state index contributed by atoms with van der Waals surface area (Å²) in [7, 11) is 0. The molecule has 0 bridgehead atoms. The van der Waals surface area contributed by atoms with E-state index in [1.165, 1.54) is 17.8 Å². The molecule has 130 valence electrons. The van der Waals surface area contributed by atoms with E-state index in [0.29, 0.717) is 19.5 Å². The lowest BCUT2D eigenvalue weighted by Gasteiger charge is -2.17. The largest absolute Gasteiger partial charge is 0.341 e. The molecular weight excluding hydrogens is 321 g/mol.